The lowest BCUT2D eigenvalue weighted by atomic mass is 10.3. The average Bonchev–Trinajstić information content (AvgIpc) is 3.15. The van der Waals surface area contributed by atoms with Crippen LogP contribution in [0.5, 0.6) is 0 Å². The van der Waals surface area contributed by atoms with E-state index in [0.717, 1.165) is 31.0 Å². The number of carbonyl (C=O) groups is 1. The van der Waals surface area contributed by atoms with Crippen LogP contribution in [0.25, 0.3) is 0 Å². The lowest BCUT2D eigenvalue weighted by Crippen LogP contribution is -2.45. The number of rotatable bonds is 5. The molecule has 0 bridgehead atoms. The van der Waals surface area contributed by atoms with Crippen molar-refractivity contribution in [2.45, 2.75) is 36.7 Å². The molecule has 1 unspecified atom stereocenters. The average molecular weight is 301 g/mol. The molecular formula is C12H16FN3O3S. The van der Waals surface area contributed by atoms with Crippen molar-refractivity contribution in [2.75, 3.05) is 5.73 Å². The Morgan fingerprint density at radius 2 is 2.10 bits per heavy atom. The number of nitrogen functional groups attached to an aromatic ring is 1. The van der Waals surface area contributed by atoms with Crippen LogP contribution in [0.1, 0.15) is 19.8 Å². The van der Waals surface area contributed by atoms with Crippen molar-refractivity contribution in [2.24, 2.45) is 0 Å². The first-order valence-electron chi connectivity index (χ1n) is 6.17. The van der Waals surface area contributed by atoms with Crippen LogP contribution in [0.3, 0.4) is 0 Å². The Bertz CT molecular complexity index is 629. The minimum absolute atomic E-state index is 0.149. The van der Waals surface area contributed by atoms with Crippen LogP contribution in [0.2, 0.25) is 0 Å². The molecule has 0 heterocycles. The number of hydrogen-bond acceptors (Lipinski definition) is 4. The summed E-state index contributed by atoms with van der Waals surface area (Å²) in [5.41, 5.74) is 5.07. The maximum atomic E-state index is 13.0. The summed E-state index contributed by atoms with van der Waals surface area (Å²) in [4.78, 5) is 11.5. The van der Waals surface area contributed by atoms with Crippen molar-refractivity contribution in [1.82, 2.24) is 10.0 Å². The van der Waals surface area contributed by atoms with Crippen molar-refractivity contribution < 1.29 is 17.6 Å². The van der Waals surface area contributed by atoms with Crippen LogP contribution in [0.15, 0.2) is 23.1 Å². The van der Waals surface area contributed by atoms with Gasteiger partial charge in [0.1, 0.15) is 5.82 Å². The van der Waals surface area contributed by atoms with Gasteiger partial charge in [-0.2, -0.15) is 4.72 Å². The molecule has 1 atom stereocenters. The zero-order chi connectivity index (χ0) is 14.9. The number of benzene rings is 1. The molecule has 1 saturated carbocycles. The molecule has 2 rings (SSSR count). The van der Waals surface area contributed by atoms with Crippen LogP contribution >= 0.6 is 0 Å². The van der Waals surface area contributed by atoms with Gasteiger partial charge < -0.3 is 11.1 Å². The van der Waals surface area contributed by atoms with E-state index in [1.54, 1.807) is 0 Å². The van der Waals surface area contributed by atoms with E-state index in [9.17, 15) is 17.6 Å². The summed E-state index contributed by atoms with van der Waals surface area (Å²) in [6.07, 6.45) is 1.83. The quantitative estimate of drug-likeness (QED) is 0.683. The summed E-state index contributed by atoms with van der Waals surface area (Å²) in [6.45, 7) is 1.45. The Hall–Kier alpha value is -1.67. The maximum Gasteiger partial charge on any atom is 0.241 e. The van der Waals surface area contributed by atoms with Gasteiger partial charge in [-0.1, -0.05) is 0 Å². The van der Waals surface area contributed by atoms with E-state index in [1.807, 2.05) is 0 Å². The molecule has 1 fully saturated rings. The molecule has 1 aromatic rings. The van der Waals surface area contributed by atoms with Gasteiger partial charge in [-0.3, -0.25) is 4.79 Å². The molecule has 4 N–H and O–H groups in total. The molecule has 20 heavy (non-hydrogen) atoms. The highest BCUT2D eigenvalue weighted by Crippen LogP contribution is 2.19. The van der Waals surface area contributed by atoms with Crippen molar-refractivity contribution in [3.05, 3.63) is 24.0 Å². The number of nitrogens with two attached hydrogens (primary N) is 1. The predicted octanol–water partition coefficient (Wildman–Crippen LogP) is 0.353. The predicted molar refractivity (Wildman–Crippen MR) is 71.8 cm³/mol. The van der Waals surface area contributed by atoms with E-state index in [1.165, 1.54) is 6.92 Å². The van der Waals surface area contributed by atoms with Gasteiger partial charge in [-0.25, -0.2) is 12.8 Å². The summed E-state index contributed by atoms with van der Waals surface area (Å²) in [6, 6.07) is 2.32. The molecule has 6 nitrogen and oxygen atoms in total. The smallest absolute Gasteiger partial charge is 0.241 e. The van der Waals surface area contributed by atoms with Gasteiger partial charge in [0.25, 0.3) is 0 Å². The van der Waals surface area contributed by atoms with Crippen LogP contribution in [0.4, 0.5) is 10.1 Å². The highest BCUT2D eigenvalue weighted by Gasteiger charge is 2.28. The molecule has 8 heteroatoms. The first-order valence-corrected chi connectivity index (χ1v) is 7.65. The zero-order valence-electron chi connectivity index (χ0n) is 10.9. The molecule has 0 saturated heterocycles. The van der Waals surface area contributed by atoms with Gasteiger partial charge >= 0.3 is 0 Å². The van der Waals surface area contributed by atoms with Crippen LogP contribution in [0, 0.1) is 5.82 Å². The van der Waals surface area contributed by atoms with E-state index < -0.39 is 21.9 Å². The van der Waals surface area contributed by atoms with Crippen molar-refractivity contribution >= 4 is 21.6 Å². The Morgan fingerprint density at radius 3 is 2.65 bits per heavy atom. The monoisotopic (exact) mass is 301 g/mol. The fourth-order valence-electron chi connectivity index (χ4n) is 1.60. The molecule has 110 valence electrons. The number of nitrogens with one attached hydrogen (secondary N) is 2. The minimum atomic E-state index is -3.92. The van der Waals surface area contributed by atoms with Gasteiger partial charge in [0.05, 0.1) is 16.6 Å². The van der Waals surface area contributed by atoms with Crippen molar-refractivity contribution in [1.29, 1.82) is 0 Å². The summed E-state index contributed by atoms with van der Waals surface area (Å²) in [7, 11) is -3.92. The van der Waals surface area contributed by atoms with Gasteiger partial charge in [-0.15, -0.1) is 0 Å². The Kier molecular flexibility index (Phi) is 3.96. The zero-order valence-corrected chi connectivity index (χ0v) is 11.7. The van der Waals surface area contributed by atoms with Crippen LogP contribution < -0.4 is 15.8 Å². The van der Waals surface area contributed by atoms with E-state index in [0.29, 0.717) is 0 Å². The molecule has 1 amide bonds. The summed E-state index contributed by atoms with van der Waals surface area (Å²) in [5, 5.41) is 2.70. The summed E-state index contributed by atoms with van der Waals surface area (Å²) >= 11 is 0. The normalized spacial score (nSPS) is 16.7. The Labute approximate surface area is 116 Å². The fraction of sp³-hybridized carbons (Fsp3) is 0.417. The van der Waals surface area contributed by atoms with Gasteiger partial charge in [0, 0.05) is 6.04 Å². The number of amides is 1. The van der Waals surface area contributed by atoms with Gasteiger partial charge in [0.15, 0.2) is 0 Å². The molecule has 0 aliphatic heterocycles. The van der Waals surface area contributed by atoms with Crippen molar-refractivity contribution in [3.8, 4) is 0 Å². The number of hydrogen-bond donors (Lipinski definition) is 3. The lowest BCUT2D eigenvalue weighted by Gasteiger charge is -2.14. The topological polar surface area (TPSA) is 101 Å². The molecule has 1 aliphatic rings. The highest BCUT2D eigenvalue weighted by molar-refractivity contribution is 7.89. The minimum Gasteiger partial charge on any atom is -0.396 e. The molecule has 0 aromatic heterocycles. The van der Waals surface area contributed by atoms with Crippen LogP contribution in [-0.2, 0) is 14.8 Å². The molecule has 0 radical (unpaired) electrons. The van der Waals surface area contributed by atoms with Gasteiger partial charge in [-0.05, 0) is 38.0 Å². The molecule has 0 spiro atoms. The van der Waals surface area contributed by atoms with E-state index in [-0.39, 0.29) is 22.5 Å². The van der Waals surface area contributed by atoms with E-state index >= 15 is 0 Å². The fourth-order valence-corrected chi connectivity index (χ4v) is 2.84. The molecule has 1 aromatic carbocycles. The summed E-state index contributed by atoms with van der Waals surface area (Å²) < 4.78 is 39.3. The number of halogens is 1. The number of anilines is 1. The lowest BCUT2D eigenvalue weighted by molar-refractivity contribution is -0.122. The van der Waals surface area contributed by atoms with Crippen molar-refractivity contribution in [3.63, 3.8) is 0 Å². The van der Waals surface area contributed by atoms with Gasteiger partial charge in [0.2, 0.25) is 15.9 Å². The largest absolute Gasteiger partial charge is 0.396 e. The standard InChI is InChI=1S/C12H16FN3O3S/c1-7(12(17)15-8-2-3-8)16-20(18,19)9-4-5-10(13)11(14)6-9/h4-8,16H,2-3,14H2,1H3,(H,15,17). The number of sulfonamides is 1. The maximum absolute atomic E-state index is 13.0. The van der Waals surface area contributed by atoms with E-state index in [2.05, 4.69) is 10.0 Å². The molecular weight excluding hydrogens is 285 g/mol. The SMILES string of the molecule is CC(NS(=O)(=O)c1ccc(F)c(N)c1)C(=O)NC1CC1. The third-order valence-electron chi connectivity index (χ3n) is 2.93. The Morgan fingerprint density at radius 1 is 1.45 bits per heavy atom. The molecule has 1 aliphatic carbocycles. The first kappa shape index (κ1) is 14.7. The second kappa shape index (κ2) is 5.37. The second-order valence-corrected chi connectivity index (χ2v) is 6.52. The summed E-state index contributed by atoms with van der Waals surface area (Å²) in [5.74, 6) is -1.07. The first-order chi connectivity index (χ1) is 9.29. The Balaban J connectivity index is 2.09. The second-order valence-electron chi connectivity index (χ2n) is 4.81. The third kappa shape index (κ3) is 3.45. The van der Waals surface area contributed by atoms with Crippen LogP contribution in [-0.4, -0.2) is 26.4 Å². The highest BCUT2D eigenvalue weighted by atomic mass is 32.2. The van der Waals surface area contributed by atoms with E-state index in [4.69, 9.17) is 5.73 Å². The third-order valence-corrected chi connectivity index (χ3v) is 4.47. The number of carbonyl (C=O) groups excluding carboxylic acids is 1.